The standard InChI is InChI=1S/C10H16BN3O2.C10H8ClN7/c1-9(2)10(3,4)16-11(15-9)7-5-13-8(12)14-6-7;1-18-8-6(4-15-18)7(16-9(11)17-8)5-2-13-10(12)14-3-5/h5-6H,1-4H3,(H2,12,13,14);2-4H,1H3,(H2,12,13,14). The van der Waals surface area contributed by atoms with E-state index in [1.807, 2.05) is 27.7 Å². The zero-order chi connectivity index (χ0) is 24.7. The summed E-state index contributed by atoms with van der Waals surface area (Å²) in [5.74, 6) is 0.460. The van der Waals surface area contributed by atoms with Crippen LogP contribution >= 0.6 is 11.6 Å². The van der Waals surface area contributed by atoms with Crippen molar-refractivity contribution in [2.75, 3.05) is 11.5 Å². The van der Waals surface area contributed by atoms with Gasteiger partial charge in [0.2, 0.25) is 17.2 Å². The lowest BCUT2D eigenvalue weighted by Gasteiger charge is -2.32. The van der Waals surface area contributed by atoms with Gasteiger partial charge in [0.15, 0.2) is 5.65 Å². The van der Waals surface area contributed by atoms with Gasteiger partial charge in [-0.25, -0.2) is 24.9 Å². The SMILES string of the molecule is CC1(C)OB(c2cnc(N)nc2)OC1(C)C.Cn1ncc2c(-c3cnc(N)nc3)nc(Cl)nc21. The maximum atomic E-state index is 5.91. The molecule has 176 valence electrons. The molecule has 12 nitrogen and oxygen atoms in total. The van der Waals surface area contributed by atoms with Crippen molar-refractivity contribution in [2.24, 2.45) is 7.05 Å². The molecule has 0 saturated carbocycles. The minimum absolute atomic E-state index is 0.151. The predicted octanol–water partition coefficient (Wildman–Crippen LogP) is 1.41. The van der Waals surface area contributed by atoms with E-state index < -0.39 is 7.12 Å². The van der Waals surface area contributed by atoms with Gasteiger partial charge >= 0.3 is 7.12 Å². The molecule has 0 unspecified atom stereocenters. The third-order valence-corrected chi connectivity index (χ3v) is 5.90. The first kappa shape index (κ1) is 23.7. The Morgan fingerprint density at radius 3 is 1.94 bits per heavy atom. The highest BCUT2D eigenvalue weighted by atomic mass is 35.5. The van der Waals surface area contributed by atoms with Gasteiger partial charge in [-0.15, -0.1) is 0 Å². The lowest BCUT2D eigenvalue weighted by atomic mass is 9.81. The highest BCUT2D eigenvalue weighted by Crippen LogP contribution is 2.36. The van der Waals surface area contributed by atoms with Crippen molar-refractivity contribution in [3.05, 3.63) is 36.3 Å². The summed E-state index contributed by atoms with van der Waals surface area (Å²) < 4.78 is 13.3. The molecular weight excluding hydrogens is 459 g/mol. The van der Waals surface area contributed by atoms with Crippen LogP contribution in [0.2, 0.25) is 5.28 Å². The molecular formula is C20H24BClN10O2. The number of nitrogen functional groups attached to an aromatic ring is 2. The summed E-state index contributed by atoms with van der Waals surface area (Å²) in [6.07, 6.45) is 8.12. The molecule has 0 spiro atoms. The number of aromatic nitrogens is 8. The van der Waals surface area contributed by atoms with E-state index in [2.05, 4.69) is 35.0 Å². The van der Waals surface area contributed by atoms with Crippen molar-refractivity contribution in [1.29, 1.82) is 0 Å². The molecule has 34 heavy (non-hydrogen) atoms. The van der Waals surface area contributed by atoms with E-state index in [4.69, 9.17) is 32.4 Å². The molecule has 1 aliphatic rings. The Balaban J connectivity index is 0.000000162. The quantitative estimate of drug-likeness (QED) is 0.313. The maximum Gasteiger partial charge on any atom is 0.498 e. The number of rotatable bonds is 2. The molecule has 0 radical (unpaired) electrons. The second kappa shape index (κ2) is 8.74. The van der Waals surface area contributed by atoms with Gasteiger partial charge in [0.25, 0.3) is 0 Å². The summed E-state index contributed by atoms with van der Waals surface area (Å²) in [7, 11) is 1.36. The van der Waals surface area contributed by atoms with Crippen LogP contribution in [0.4, 0.5) is 11.9 Å². The second-order valence-electron chi connectivity index (χ2n) is 8.64. The zero-order valence-corrected chi connectivity index (χ0v) is 20.1. The average Bonchev–Trinajstić information content (AvgIpc) is 3.24. The van der Waals surface area contributed by atoms with Crippen LogP contribution in [-0.4, -0.2) is 58.0 Å². The van der Waals surface area contributed by atoms with Crippen LogP contribution in [0.15, 0.2) is 31.0 Å². The predicted molar refractivity (Wildman–Crippen MR) is 129 cm³/mol. The van der Waals surface area contributed by atoms with E-state index in [0.717, 1.165) is 10.8 Å². The van der Waals surface area contributed by atoms with Crippen molar-refractivity contribution in [2.45, 2.75) is 38.9 Å². The summed E-state index contributed by atoms with van der Waals surface area (Å²) >= 11 is 5.91. The molecule has 1 aliphatic heterocycles. The first-order valence-corrected chi connectivity index (χ1v) is 10.7. The average molecular weight is 483 g/mol. The van der Waals surface area contributed by atoms with Crippen molar-refractivity contribution >= 4 is 47.1 Å². The number of hydrogen-bond donors (Lipinski definition) is 2. The number of fused-ring (bicyclic) bond motifs is 1. The van der Waals surface area contributed by atoms with E-state index in [1.165, 1.54) is 0 Å². The summed E-state index contributed by atoms with van der Waals surface area (Å²) in [6, 6.07) is 0. The van der Waals surface area contributed by atoms with Crippen molar-refractivity contribution in [3.63, 3.8) is 0 Å². The summed E-state index contributed by atoms with van der Waals surface area (Å²) in [4.78, 5) is 24.0. The van der Waals surface area contributed by atoms with Crippen molar-refractivity contribution in [3.8, 4) is 11.3 Å². The fourth-order valence-corrected chi connectivity index (χ4v) is 3.29. The summed E-state index contributed by atoms with van der Waals surface area (Å²) in [5, 5.41) is 5.07. The van der Waals surface area contributed by atoms with E-state index in [0.29, 0.717) is 16.9 Å². The van der Waals surface area contributed by atoms with Gasteiger partial charge in [-0.1, -0.05) is 0 Å². The maximum absolute atomic E-state index is 5.91. The Morgan fingerprint density at radius 2 is 1.38 bits per heavy atom. The van der Waals surface area contributed by atoms with Crippen LogP contribution in [0.3, 0.4) is 0 Å². The Hall–Kier alpha value is -3.42. The van der Waals surface area contributed by atoms with E-state index in [-0.39, 0.29) is 28.4 Å². The third kappa shape index (κ3) is 4.62. The lowest BCUT2D eigenvalue weighted by Crippen LogP contribution is -2.41. The Bertz CT molecular complexity index is 1300. The molecule has 14 heteroatoms. The van der Waals surface area contributed by atoms with Crippen LogP contribution in [0.1, 0.15) is 27.7 Å². The molecule has 5 heterocycles. The Morgan fingerprint density at radius 1 is 0.853 bits per heavy atom. The molecule has 0 bridgehead atoms. The van der Waals surface area contributed by atoms with E-state index in [1.54, 1.807) is 42.7 Å². The fourth-order valence-electron chi connectivity index (χ4n) is 3.12. The second-order valence-corrected chi connectivity index (χ2v) is 8.98. The molecule has 4 aromatic heterocycles. The van der Waals surface area contributed by atoms with Gasteiger partial charge in [0.1, 0.15) is 0 Å². The number of anilines is 2. The molecule has 1 fully saturated rings. The number of nitrogens with zero attached hydrogens (tertiary/aromatic N) is 8. The minimum atomic E-state index is -0.425. The molecule has 0 amide bonds. The van der Waals surface area contributed by atoms with Gasteiger partial charge in [-0.3, -0.25) is 4.68 Å². The zero-order valence-electron chi connectivity index (χ0n) is 19.4. The normalized spacial score (nSPS) is 16.4. The molecule has 0 aromatic carbocycles. The van der Waals surface area contributed by atoms with Crippen LogP contribution in [-0.2, 0) is 16.4 Å². The highest BCUT2D eigenvalue weighted by molar-refractivity contribution is 6.61. The minimum Gasteiger partial charge on any atom is -0.399 e. The molecule has 0 atom stereocenters. The largest absolute Gasteiger partial charge is 0.498 e. The van der Waals surface area contributed by atoms with Gasteiger partial charge in [-0.05, 0) is 39.3 Å². The Kier molecular flexibility index (Phi) is 6.10. The highest BCUT2D eigenvalue weighted by Gasteiger charge is 2.51. The third-order valence-electron chi connectivity index (χ3n) is 5.73. The molecule has 4 aromatic rings. The number of nitrogens with two attached hydrogens (primary N) is 2. The van der Waals surface area contributed by atoms with Gasteiger partial charge in [-0.2, -0.15) is 10.1 Å². The first-order valence-electron chi connectivity index (χ1n) is 10.3. The number of hydrogen-bond acceptors (Lipinski definition) is 11. The van der Waals surface area contributed by atoms with Crippen LogP contribution in [0, 0.1) is 0 Å². The van der Waals surface area contributed by atoms with Gasteiger partial charge in [0, 0.05) is 42.9 Å². The smallest absolute Gasteiger partial charge is 0.399 e. The lowest BCUT2D eigenvalue weighted by molar-refractivity contribution is 0.00578. The van der Waals surface area contributed by atoms with E-state index >= 15 is 0 Å². The van der Waals surface area contributed by atoms with Crippen molar-refractivity contribution < 1.29 is 9.31 Å². The topological polar surface area (TPSA) is 166 Å². The fraction of sp³-hybridized carbons (Fsp3) is 0.350. The number of aryl methyl sites for hydroxylation is 1. The number of halogens is 1. The van der Waals surface area contributed by atoms with Crippen LogP contribution < -0.4 is 16.9 Å². The summed E-state index contributed by atoms with van der Waals surface area (Å²) in [5.41, 5.74) is 13.0. The molecule has 5 rings (SSSR count). The molecule has 0 aliphatic carbocycles. The first-order chi connectivity index (χ1) is 16.0. The van der Waals surface area contributed by atoms with Gasteiger partial charge in [0.05, 0.1) is 28.5 Å². The Labute approximate surface area is 201 Å². The monoisotopic (exact) mass is 482 g/mol. The van der Waals surface area contributed by atoms with E-state index in [9.17, 15) is 0 Å². The molecule has 4 N–H and O–H groups in total. The van der Waals surface area contributed by atoms with Gasteiger partial charge < -0.3 is 20.8 Å². The van der Waals surface area contributed by atoms with Crippen molar-refractivity contribution in [1.82, 2.24) is 39.7 Å². The summed E-state index contributed by atoms with van der Waals surface area (Å²) in [6.45, 7) is 8.02. The molecule has 1 saturated heterocycles. The van der Waals surface area contributed by atoms with Crippen LogP contribution in [0.5, 0.6) is 0 Å². The van der Waals surface area contributed by atoms with Crippen LogP contribution in [0.25, 0.3) is 22.3 Å².